The van der Waals surface area contributed by atoms with Gasteiger partial charge >= 0.3 is 0 Å². The summed E-state index contributed by atoms with van der Waals surface area (Å²) < 4.78 is 7.66. The van der Waals surface area contributed by atoms with Gasteiger partial charge in [-0.2, -0.15) is 0 Å². The van der Waals surface area contributed by atoms with E-state index < -0.39 is 5.54 Å². The van der Waals surface area contributed by atoms with Gasteiger partial charge in [0.15, 0.2) is 11.2 Å². The third-order valence-electron chi connectivity index (χ3n) is 7.53. The number of pyridine rings is 1. The Hall–Kier alpha value is -4.17. The number of imidazole rings is 1. The minimum absolute atomic E-state index is 0.158. The number of aromatic nitrogens is 3. The summed E-state index contributed by atoms with van der Waals surface area (Å²) in [6.07, 6.45) is 1.70. The highest BCUT2D eigenvalue weighted by Crippen LogP contribution is 2.55. The molecule has 0 saturated heterocycles. The molecular weight excluding hydrogens is 514 g/mol. The van der Waals surface area contributed by atoms with Crippen LogP contribution < -0.4 is 15.0 Å². The lowest BCUT2D eigenvalue weighted by molar-refractivity contribution is -0.119. The van der Waals surface area contributed by atoms with Crippen molar-refractivity contribution in [2.45, 2.75) is 46.2 Å². The van der Waals surface area contributed by atoms with Gasteiger partial charge in [0.05, 0.1) is 24.1 Å². The monoisotopic (exact) mass is 541 g/mol. The maximum atomic E-state index is 14.5. The number of nitrogens with zero attached hydrogens (tertiary/aromatic N) is 4. The number of hydrogen-bond acceptors (Lipinski definition) is 5. The van der Waals surface area contributed by atoms with Crippen molar-refractivity contribution in [1.29, 1.82) is 0 Å². The predicted octanol–water partition coefficient (Wildman–Crippen LogP) is 5.97. The molecule has 0 bridgehead atoms. The SMILES string of the molecule is COc1cc(C)ncc1-c1nc2c(n1C(C)C)C1(C(=O)Nc3cc(C)ccc31)N(c1cc(Cl)ccc1C)C2=O. The van der Waals surface area contributed by atoms with Gasteiger partial charge in [-0.1, -0.05) is 29.8 Å². The van der Waals surface area contributed by atoms with Crippen molar-refractivity contribution < 1.29 is 14.3 Å². The number of fused-ring (bicyclic) bond motifs is 4. The van der Waals surface area contributed by atoms with Crippen molar-refractivity contribution in [2.75, 3.05) is 17.3 Å². The molecule has 1 spiro atoms. The summed E-state index contributed by atoms with van der Waals surface area (Å²) in [7, 11) is 1.59. The second kappa shape index (κ2) is 8.68. The van der Waals surface area contributed by atoms with Crippen molar-refractivity contribution in [3.05, 3.63) is 87.5 Å². The molecule has 6 rings (SSSR count). The molecule has 2 aliphatic heterocycles. The van der Waals surface area contributed by atoms with Crippen LogP contribution in [-0.2, 0) is 10.3 Å². The lowest BCUT2D eigenvalue weighted by Crippen LogP contribution is -2.51. The fourth-order valence-corrected chi connectivity index (χ4v) is 6.00. The van der Waals surface area contributed by atoms with Gasteiger partial charge in [-0.25, -0.2) is 4.98 Å². The van der Waals surface area contributed by atoms with Crippen LogP contribution >= 0.6 is 11.6 Å². The Kier molecular flexibility index (Phi) is 5.59. The maximum Gasteiger partial charge on any atom is 0.280 e. The molecule has 4 aromatic rings. The molecule has 0 fully saturated rings. The van der Waals surface area contributed by atoms with Gasteiger partial charge in [0.2, 0.25) is 0 Å². The molecule has 1 unspecified atom stereocenters. The Balaban J connectivity index is 1.74. The lowest BCUT2D eigenvalue weighted by Gasteiger charge is -2.36. The van der Waals surface area contributed by atoms with E-state index in [-0.39, 0.29) is 23.6 Å². The zero-order valence-electron chi connectivity index (χ0n) is 22.6. The third kappa shape index (κ3) is 3.37. The van der Waals surface area contributed by atoms with Crippen LogP contribution in [0.3, 0.4) is 0 Å². The quantitative estimate of drug-likeness (QED) is 0.344. The molecule has 2 amide bonds. The number of carbonyl (C=O) groups is 2. The number of hydrogen-bond donors (Lipinski definition) is 1. The summed E-state index contributed by atoms with van der Waals surface area (Å²) >= 11 is 6.43. The van der Waals surface area contributed by atoms with E-state index in [1.165, 1.54) is 0 Å². The van der Waals surface area contributed by atoms with E-state index in [1.807, 2.05) is 69.5 Å². The van der Waals surface area contributed by atoms with E-state index in [4.69, 9.17) is 21.3 Å². The van der Waals surface area contributed by atoms with Crippen molar-refractivity contribution in [1.82, 2.24) is 14.5 Å². The summed E-state index contributed by atoms with van der Waals surface area (Å²) in [6.45, 7) is 9.76. The molecule has 1 atom stereocenters. The molecular formula is C30H28ClN5O3. The van der Waals surface area contributed by atoms with Crippen molar-refractivity contribution in [3.63, 3.8) is 0 Å². The molecule has 9 heteroatoms. The van der Waals surface area contributed by atoms with Gasteiger partial charge in [-0.3, -0.25) is 19.5 Å². The molecule has 2 aromatic carbocycles. The Bertz CT molecular complexity index is 1710. The van der Waals surface area contributed by atoms with Crippen LogP contribution in [0.15, 0.2) is 48.7 Å². The van der Waals surface area contributed by atoms with Crippen LogP contribution in [0.25, 0.3) is 11.4 Å². The van der Waals surface area contributed by atoms with Gasteiger partial charge in [-0.15, -0.1) is 0 Å². The zero-order chi connectivity index (χ0) is 27.8. The van der Waals surface area contributed by atoms with Crippen LogP contribution in [0.5, 0.6) is 5.75 Å². The Morgan fingerprint density at radius 1 is 1.05 bits per heavy atom. The number of aryl methyl sites for hydroxylation is 3. The van der Waals surface area contributed by atoms with E-state index in [2.05, 4.69) is 10.3 Å². The fraction of sp³-hybridized carbons (Fsp3) is 0.267. The van der Waals surface area contributed by atoms with E-state index in [0.29, 0.717) is 44.8 Å². The summed E-state index contributed by atoms with van der Waals surface area (Å²) in [5.41, 5.74) is 4.38. The predicted molar refractivity (Wildman–Crippen MR) is 151 cm³/mol. The Morgan fingerprint density at radius 2 is 1.82 bits per heavy atom. The Labute approximate surface area is 231 Å². The normalized spacial score (nSPS) is 17.7. The van der Waals surface area contributed by atoms with E-state index in [1.54, 1.807) is 30.3 Å². The number of carbonyl (C=O) groups excluding carboxylic acids is 2. The summed E-state index contributed by atoms with van der Waals surface area (Å²) in [4.78, 5) is 39.7. The smallest absolute Gasteiger partial charge is 0.280 e. The molecule has 0 radical (unpaired) electrons. The largest absolute Gasteiger partial charge is 0.496 e. The summed E-state index contributed by atoms with van der Waals surface area (Å²) in [6, 6.07) is 12.8. The zero-order valence-corrected chi connectivity index (χ0v) is 23.3. The lowest BCUT2D eigenvalue weighted by atomic mass is 9.86. The third-order valence-corrected chi connectivity index (χ3v) is 7.76. The summed E-state index contributed by atoms with van der Waals surface area (Å²) in [5.74, 6) is 0.405. The van der Waals surface area contributed by atoms with Crippen LogP contribution in [0.1, 0.15) is 58.5 Å². The van der Waals surface area contributed by atoms with Crippen LogP contribution in [0.2, 0.25) is 5.02 Å². The molecule has 2 aliphatic rings. The first-order chi connectivity index (χ1) is 18.6. The Morgan fingerprint density at radius 3 is 2.54 bits per heavy atom. The first-order valence-corrected chi connectivity index (χ1v) is 13.1. The number of benzene rings is 2. The highest BCUT2D eigenvalue weighted by atomic mass is 35.5. The molecule has 2 aromatic heterocycles. The van der Waals surface area contributed by atoms with E-state index in [9.17, 15) is 9.59 Å². The molecule has 8 nitrogen and oxygen atoms in total. The average Bonchev–Trinajstić information content (AvgIpc) is 3.49. The summed E-state index contributed by atoms with van der Waals surface area (Å²) in [5, 5.41) is 3.53. The topological polar surface area (TPSA) is 89.3 Å². The second-order valence-corrected chi connectivity index (χ2v) is 10.8. The van der Waals surface area contributed by atoms with Gasteiger partial charge in [0.25, 0.3) is 11.8 Å². The minimum Gasteiger partial charge on any atom is -0.496 e. The number of anilines is 2. The highest BCUT2D eigenvalue weighted by molar-refractivity contribution is 6.31. The first kappa shape index (κ1) is 25.1. The molecule has 39 heavy (non-hydrogen) atoms. The van der Waals surface area contributed by atoms with Crippen molar-refractivity contribution in [2.24, 2.45) is 0 Å². The van der Waals surface area contributed by atoms with E-state index >= 15 is 0 Å². The van der Waals surface area contributed by atoms with Crippen LogP contribution in [0, 0.1) is 20.8 Å². The minimum atomic E-state index is -1.49. The van der Waals surface area contributed by atoms with Crippen LogP contribution in [-0.4, -0.2) is 33.5 Å². The number of ether oxygens (including phenoxy) is 1. The average molecular weight is 542 g/mol. The van der Waals surface area contributed by atoms with Gasteiger partial charge in [0.1, 0.15) is 11.6 Å². The number of halogens is 1. The first-order valence-electron chi connectivity index (χ1n) is 12.8. The number of amides is 2. The number of rotatable bonds is 4. The second-order valence-electron chi connectivity index (χ2n) is 10.4. The number of nitrogens with one attached hydrogen (secondary N) is 1. The standard InChI is InChI=1S/C30H28ClN5O3/c1-15(2)35-26-25(34-27(35)20-14-32-18(5)12-24(20)39-6)28(37)36(23-13-19(31)9-8-17(23)4)30(26)21-10-7-16(3)11-22(21)33-29(30)38/h7-15H,1-6H3,(H,33,38). The van der Waals surface area contributed by atoms with Crippen molar-refractivity contribution >= 4 is 34.8 Å². The van der Waals surface area contributed by atoms with Gasteiger partial charge in [0, 0.05) is 40.3 Å². The maximum absolute atomic E-state index is 14.5. The molecule has 198 valence electrons. The van der Waals surface area contributed by atoms with Gasteiger partial charge < -0.3 is 14.6 Å². The molecule has 0 saturated carbocycles. The molecule has 1 N–H and O–H groups in total. The highest BCUT2D eigenvalue weighted by Gasteiger charge is 2.64. The van der Waals surface area contributed by atoms with E-state index in [0.717, 1.165) is 16.8 Å². The molecule has 0 aliphatic carbocycles. The van der Waals surface area contributed by atoms with Crippen LogP contribution in [0.4, 0.5) is 11.4 Å². The number of methoxy groups -OCH3 is 1. The molecule has 4 heterocycles. The van der Waals surface area contributed by atoms with Gasteiger partial charge in [-0.05, 0) is 63.9 Å². The fourth-order valence-electron chi connectivity index (χ4n) is 5.84. The van der Waals surface area contributed by atoms with Crippen molar-refractivity contribution in [3.8, 4) is 17.1 Å².